The van der Waals surface area contributed by atoms with Crippen molar-refractivity contribution in [2.45, 2.75) is 50.6 Å². The molecule has 1 aromatic carbocycles. The molecule has 0 heterocycles. The summed E-state index contributed by atoms with van der Waals surface area (Å²) < 4.78 is 0. The number of hydrogen-bond acceptors (Lipinski definition) is 2. The van der Waals surface area contributed by atoms with E-state index >= 15 is 0 Å². The molecule has 0 bridgehead atoms. The van der Waals surface area contributed by atoms with Crippen molar-refractivity contribution in [1.29, 1.82) is 0 Å². The van der Waals surface area contributed by atoms with Crippen LogP contribution in [-0.2, 0) is 10.3 Å². The number of nitrogens with one attached hydrogen (secondary N) is 1. The van der Waals surface area contributed by atoms with E-state index in [1.54, 1.807) is 0 Å². The van der Waals surface area contributed by atoms with Gasteiger partial charge >= 0.3 is 0 Å². The van der Waals surface area contributed by atoms with Gasteiger partial charge in [-0.15, -0.1) is 0 Å². The van der Waals surface area contributed by atoms with E-state index in [0.717, 1.165) is 18.4 Å². The van der Waals surface area contributed by atoms with Crippen LogP contribution in [0.15, 0.2) is 30.3 Å². The van der Waals surface area contributed by atoms with Gasteiger partial charge in [0.15, 0.2) is 0 Å². The zero-order valence-electron chi connectivity index (χ0n) is 11.0. The molecule has 3 heteroatoms. The van der Waals surface area contributed by atoms with Crippen molar-refractivity contribution in [3.05, 3.63) is 35.9 Å². The minimum absolute atomic E-state index is 0.275. The van der Waals surface area contributed by atoms with Crippen LogP contribution in [0.1, 0.15) is 44.6 Å². The van der Waals surface area contributed by atoms with Gasteiger partial charge < -0.3 is 5.73 Å². The molecule has 0 saturated heterocycles. The summed E-state index contributed by atoms with van der Waals surface area (Å²) in [6.07, 6.45) is 5.45. The second-order valence-corrected chi connectivity index (χ2v) is 5.11. The first-order chi connectivity index (χ1) is 8.69. The van der Waals surface area contributed by atoms with Gasteiger partial charge in [0, 0.05) is 6.04 Å². The standard InChI is InChI=1S/C15H22N2O/c1-2-15(14(16)18,12-8-4-3-5-9-12)17-13-10-6-7-11-13/h3-5,8-9,13,17H,2,6-7,10-11H2,1H3,(H2,16,18). The molecule has 0 spiro atoms. The molecule has 3 N–H and O–H groups in total. The summed E-state index contributed by atoms with van der Waals surface area (Å²) in [6.45, 7) is 2.01. The highest BCUT2D eigenvalue weighted by atomic mass is 16.1. The summed E-state index contributed by atoms with van der Waals surface area (Å²) in [5, 5.41) is 3.52. The topological polar surface area (TPSA) is 55.1 Å². The van der Waals surface area contributed by atoms with Crippen LogP contribution in [0.5, 0.6) is 0 Å². The maximum absolute atomic E-state index is 12.0. The van der Waals surface area contributed by atoms with Crippen LogP contribution >= 0.6 is 0 Å². The van der Waals surface area contributed by atoms with Crippen LogP contribution < -0.4 is 11.1 Å². The van der Waals surface area contributed by atoms with Crippen molar-refractivity contribution < 1.29 is 4.79 Å². The Labute approximate surface area is 109 Å². The Morgan fingerprint density at radius 2 is 1.94 bits per heavy atom. The van der Waals surface area contributed by atoms with Gasteiger partial charge in [-0.1, -0.05) is 50.1 Å². The summed E-state index contributed by atoms with van der Waals surface area (Å²) in [7, 11) is 0. The summed E-state index contributed by atoms with van der Waals surface area (Å²) in [4.78, 5) is 12.0. The van der Waals surface area contributed by atoms with Crippen LogP contribution in [0, 0.1) is 0 Å². The first kappa shape index (κ1) is 13.1. The SMILES string of the molecule is CCC(NC1CCCC1)(C(N)=O)c1ccccc1. The van der Waals surface area contributed by atoms with Gasteiger partial charge in [-0.3, -0.25) is 10.1 Å². The summed E-state index contributed by atoms with van der Waals surface area (Å²) in [5.74, 6) is -0.275. The molecule has 2 rings (SSSR count). The Kier molecular flexibility index (Phi) is 4.02. The van der Waals surface area contributed by atoms with Gasteiger partial charge in [-0.2, -0.15) is 0 Å². The molecular weight excluding hydrogens is 224 g/mol. The van der Waals surface area contributed by atoms with E-state index in [4.69, 9.17) is 5.73 Å². The van der Waals surface area contributed by atoms with Crippen molar-refractivity contribution in [2.75, 3.05) is 0 Å². The highest BCUT2D eigenvalue weighted by Crippen LogP contribution is 2.29. The summed E-state index contributed by atoms with van der Waals surface area (Å²) in [6, 6.07) is 10.3. The fraction of sp³-hybridized carbons (Fsp3) is 0.533. The van der Waals surface area contributed by atoms with Crippen molar-refractivity contribution in [3.8, 4) is 0 Å². The number of benzene rings is 1. The fourth-order valence-electron chi connectivity index (χ4n) is 2.92. The molecule has 1 atom stereocenters. The third-order valence-corrected chi connectivity index (χ3v) is 4.02. The zero-order valence-corrected chi connectivity index (χ0v) is 11.0. The van der Waals surface area contributed by atoms with Crippen LogP contribution in [0.4, 0.5) is 0 Å². The molecule has 0 aliphatic heterocycles. The maximum atomic E-state index is 12.0. The molecular formula is C15H22N2O. The molecule has 0 radical (unpaired) electrons. The lowest BCUT2D eigenvalue weighted by Crippen LogP contribution is -2.55. The average molecular weight is 246 g/mol. The molecule has 0 aromatic heterocycles. The largest absolute Gasteiger partial charge is 0.368 e. The smallest absolute Gasteiger partial charge is 0.242 e. The van der Waals surface area contributed by atoms with Crippen molar-refractivity contribution in [1.82, 2.24) is 5.32 Å². The average Bonchev–Trinajstić information content (AvgIpc) is 2.89. The van der Waals surface area contributed by atoms with Gasteiger partial charge in [-0.25, -0.2) is 0 Å². The third kappa shape index (κ3) is 2.41. The molecule has 1 unspecified atom stereocenters. The Balaban J connectivity index is 2.30. The summed E-state index contributed by atoms with van der Waals surface area (Å²) in [5.41, 5.74) is 5.96. The minimum Gasteiger partial charge on any atom is -0.368 e. The highest BCUT2D eigenvalue weighted by Gasteiger charge is 2.38. The predicted octanol–water partition coefficient (Wildman–Crippen LogP) is 2.31. The van der Waals surface area contributed by atoms with Gasteiger partial charge in [0.1, 0.15) is 5.54 Å². The molecule has 1 amide bonds. The Morgan fingerprint density at radius 1 is 1.33 bits per heavy atom. The first-order valence-corrected chi connectivity index (χ1v) is 6.82. The predicted molar refractivity (Wildman–Crippen MR) is 73.0 cm³/mol. The Bertz CT molecular complexity index is 398. The Morgan fingerprint density at radius 3 is 2.44 bits per heavy atom. The number of carbonyl (C=O) groups is 1. The number of nitrogens with two attached hydrogens (primary N) is 1. The molecule has 3 nitrogen and oxygen atoms in total. The lowest BCUT2D eigenvalue weighted by atomic mass is 9.85. The second kappa shape index (κ2) is 5.53. The molecule has 1 aliphatic carbocycles. The Hall–Kier alpha value is -1.35. The van der Waals surface area contributed by atoms with E-state index in [-0.39, 0.29) is 5.91 Å². The number of amides is 1. The number of hydrogen-bond donors (Lipinski definition) is 2. The normalized spacial score (nSPS) is 19.6. The van der Waals surface area contributed by atoms with Crippen LogP contribution in [-0.4, -0.2) is 11.9 Å². The van der Waals surface area contributed by atoms with Gasteiger partial charge in [0.25, 0.3) is 0 Å². The lowest BCUT2D eigenvalue weighted by molar-refractivity contribution is -0.125. The molecule has 1 aromatic rings. The van der Waals surface area contributed by atoms with Crippen LogP contribution in [0.2, 0.25) is 0 Å². The van der Waals surface area contributed by atoms with E-state index < -0.39 is 5.54 Å². The molecule has 18 heavy (non-hydrogen) atoms. The van der Waals surface area contributed by atoms with E-state index in [0.29, 0.717) is 12.5 Å². The molecule has 1 saturated carbocycles. The molecule has 98 valence electrons. The van der Waals surface area contributed by atoms with Gasteiger partial charge in [0.05, 0.1) is 0 Å². The van der Waals surface area contributed by atoms with E-state index in [9.17, 15) is 4.79 Å². The summed E-state index contributed by atoms with van der Waals surface area (Å²) >= 11 is 0. The second-order valence-electron chi connectivity index (χ2n) is 5.11. The lowest BCUT2D eigenvalue weighted by Gasteiger charge is -2.34. The van der Waals surface area contributed by atoms with Crippen LogP contribution in [0.25, 0.3) is 0 Å². The highest BCUT2D eigenvalue weighted by molar-refractivity contribution is 5.86. The number of primary amides is 1. The van der Waals surface area contributed by atoms with E-state index in [1.165, 1.54) is 12.8 Å². The van der Waals surface area contributed by atoms with E-state index in [1.807, 2.05) is 37.3 Å². The van der Waals surface area contributed by atoms with Gasteiger partial charge in [0.2, 0.25) is 5.91 Å². The van der Waals surface area contributed by atoms with Crippen molar-refractivity contribution in [3.63, 3.8) is 0 Å². The minimum atomic E-state index is -0.712. The molecule has 1 aliphatic rings. The maximum Gasteiger partial charge on any atom is 0.242 e. The monoisotopic (exact) mass is 246 g/mol. The third-order valence-electron chi connectivity index (χ3n) is 4.02. The quantitative estimate of drug-likeness (QED) is 0.837. The zero-order chi connectivity index (χ0) is 13.0. The number of rotatable bonds is 5. The van der Waals surface area contributed by atoms with Crippen molar-refractivity contribution in [2.24, 2.45) is 5.73 Å². The first-order valence-electron chi connectivity index (χ1n) is 6.82. The molecule has 1 fully saturated rings. The van der Waals surface area contributed by atoms with Gasteiger partial charge in [-0.05, 0) is 24.8 Å². The van der Waals surface area contributed by atoms with Crippen LogP contribution in [0.3, 0.4) is 0 Å². The fourth-order valence-corrected chi connectivity index (χ4v) is 2.92. The van der Waals surface area contributed by atoms with Crippen molar-refractivity contribution >= 4 is 5.91 Å². The van der Waals surface area contributed by atoms with E-state index in [2.05, 4.69) is 5.32 Å². The number of carbonyl (C=O) groups excluding carboxylic acids is 1.